The number of likely N-dealkylation sites (N-methyl/N-ethyl adjacent to an activating group) is 1. The second-order valence-electron chi connectivity index (χ2n) is 5.47. The standard InChI is InChI=1S/C17H14N4O6/c1-20-16(23)13(19-17(20)27-15(22)9-18)8-12-6-7-14(26-12)10-2-4-11(5-3-10)21(24)25/h2-8H,9,18H2,1H3. The number of nitro benzene ring substituents is 1. The van der Waals surface area contributed by atoms with Crippen molar-refractivity contribution >= 4 is 29.7 Å². The molecule has 2 N–H and O–H groups in total. The van der Waals surface area contributed by atoms with Crippen molar-refractivity contribution in [2.45, 2.75) is 0 Å². The number of rotatable bonds is 4. The number of nitro groups is 1. The monoisotopic (exact) mass is 370 g/mol. The Kier molecular flexibility index (Phi) is 4.81. The molecule has 2 aromatic rings. The Labute approximate surface area is 152 Å². The quantitative estimate of drug-likeness (QED) is 0.372. The summed E-state index contributed by atoms with van der Waals surface area (Å²) in [5.74, 6) is -0.374. The predicted octanol–water partition coefficient (Wildman–Crippen LogP) is 1.53. The lowest BCUT2D eigenvalue weighted by molar-refractivity contribution is -0.384. The first-order valence-electron chi connectivity index (χ1n) is 7.73. The van der Waals surface area contributed by atoms with Crippen LogP contribution in [0.4, 0.5) is 5.69 Å². The molecule has 0 saturated heterocycles. The molecule has 0 aliphatic carbocycles. The fraction of sp³-hybridized carbons (Fsp3) is 0.118. The zero-order chi connectivity index (χ0) is 19.6. The van der Waals surface area contributed by atoms with E-state index in [4.69, 9.17) is 14.9 Å². The van der Waals surface area contributed by atoms with Crippen molar-refractivity contribution in [1.82, 2.24) is 4.90 Å². The van der Waals surface area contributed by atoms with Gasteiger partial charge in [0.25, 0.3) is 11.6 Å². The maximum absolute atomic E-state index is 12.2. The molecule has 1 aliphatic heterocycles. The van der Waals surface area contributed by atoms with Crippen LogP contribution < -0.4 is 5.73 Å². The molecule has 1 amide bonds. The van der Waals surface area contributed by atoms with Gasteiger partial charge in [-0.05, 0) is 24.3 Å². The molecule has 1 aromatic heterocycles. The molecule has 2 heterocycles. The fourth-order valence-electron chi connectivity index (χ4n) is 2.28. The fourth-order valence-corrected chi connectivity index (χ4v) is 2.28. The van der Waals surface area contributed by atoms with Crippen LogP contribution >= 0.6 is 0 Å². The first kappa shape index (κ1) is 18.0. The molecular weight excluding hydrogens is 356 g/mol. The number of aliphatic imine (C=N–C) groups is 1. The number of furan rings is 1. The van der Waals surface area contributed by atoms with Gasteiger partial charge in [-0.3, -0.25) is 24.6 Å². The van der Waals surface area contributed by atoms with E-state index < -0.39 is 16.8 Å². The lowest BCUT2D eigenvalue weighted by atomic mass is 10.1. The van der Waals surface area contributed by atoms with Crippen LogP contribution in [0.5, 0.6) is 0 Å². The Morgan fingerprint density at radius 3 is 2.67 bits per heavy atom. The summed E-state index contributed by atoms with van der Waals surface area (Å²) in [4.78, 5) is 38.7. The van der Waals surface area contributed by atoms with Gasteiger partial charge in [-0.15, -0.1) is 0 Å². The van der Waals surface area contributed by atoms with Gasteiger partial charge in [-0.2, -0.15) is 4.99 Å². The lowest BCUT2D eigenvalue weighted by Gasteiger charge is -2.09. The van der Waals surface area contributed by atoms with Gasteiger partial charge in [0.15, 0.2) is 0 Å². The normalized spacial score (nSPS) is 15.2. The van der Waals surface area contributed by atoms with Crippen molar-refractivity contribution in [3.05, 3.63) is 58.0 Å². The molecule has 138 valence electrons. The predicted molar refractivity (Wildman–Crippen MR) is 94.1 cm³/mol. The Morgan fingerprint density at radius 1 is 1.33 bits per heavy atom. The number of hydrogen-bond donors (Lipinski definition) is 1. The molecule has 0 atom stereocenters. The number of nitrogens with two attached hydrogens (primary N) is 1. The molecule has 0 bridgehead atoms. The summed E-state index contributed by atoms with van der Waals surface area (Å²) in [6, 6.07) is 8.98. The molecule has 3 rings (SSSR count). The molecule has 0 saturated carbocycles. The van der Waals surface area contributed by atoms with Gasteiger partial charge in [0, 0.05) is 30.8 Å². The summed E-state index contributed by atoms with van der Waals surface area (Å²) < 4.78 is 10.5. The second-order valence-corrected chi connectivity index (χ2v) is 5.47. The topological polar surface area (TPSA) is 141 Å². The Morgan fingerprint density at radius 2 is 2.04 bits per heavy atom. The largest absolute Gasteiger partial charge is 0.457 e. The minimum absolute atomic E-state index is 0.0267. The number of carbonyl (C=O) groups excluding carboxylic acids is 2. The molecule has 1 aliphatic rings. The highest BCUT2D eigenvalue weighted by Gasteiger charge is 2.30. The lowest BCUT2D eigenvalue weighted by Crippen LogP contribution is -2.32. The molecule has 0 unspecified atom stereocenters. The van der Waals surface area contributed by atoms with Crippen molar-refractivity contribution in [3.8, 4) is 11.3 Å². The third-order valence-electron chi connectivity index (χ3n) is 3.67. The number of carbonyl (C=O) groups is 2. The van der Waals surface area contributed by atoms with E-state index >= 15 is 0 Å². The van der Waals surface area contributed by atoms with E-state index in [0.717, 1.165) is 4.90 Å². The van der Waals surface area contributed by atoms with E-state index in [1.54, 1.807) is 24.3 Å². The number of nitrogens with zero attached hydrogens (tertiary/aromatic N) is 3. The minimum atomic E-state index is -0.715. The van der Waals surface area contributed by atoms with Crippen LogP contribution in [0.2, 0.25) is 0 Å². The van der Waals surface area contributed by atoms with Crippen LogP contribution in [0.3, 0.4) is 0 Å². The highest BCUT2D eigenvalue weighted by atomic mass is 16.6. The summed E-state index contributed by atoms with van der Waals surface area (Å²) in [5, 5.41) is 10.7. The van der Waals surface area contributed by atoms with E-state index in [-0.39, 0.29) is 24.0 Å². The van der Waals surface area contributed by atoms with Crippen molar-refractivity contribution in [2.24, 2.45) is 10.7 Å². The summed E-state index contributed by atoms with van der Waals surface area (Å²) in [5.41, 5.74) is 5.82. The van der Waals surface area contributed by atoms with Crippen LogP contribution in [0, 0.1) is 10.1 Å². The Bertz CT molecular complexity index is 974. The van der Waals surface area contributed by atoms with Gasteiger partial charge < -0.3 is 14.9 Å². The van der Waals surface area contributed by atoms with Crippen LogP contribution in [0.15, 0.2) is 51.5 Å². The summed E-state index contributed by atoms with van der Waals surface area (Å²) >= 11 is 0. The van der Waals surface area contributed by atoms with Gasteiger partial charge >= 0.3 is 12.0 Å². The van der Waals surface area contributed by atoms with Gasteiger partial charge in [-0.25, -0.2) is 0 Å². The molecule has 0 spiro atoms. The third kappa shape index (κ3) is 3.75. The van der Waals surface area contributed by atoms with Crippen LogP contribution in [0.25, 0.3) is 17.4 Å². The van der Waals surface area contributed by atoms with Crippen LogP contribution in [0.1, 0.15) is 5.76 Å². The maximum Gasteiger partial charge on any atom is 0.327 e. The Balaban J connectivity index is 1.83. The number of benzene rings is 1. The zero-order valence-electron chi connectivity index (χ0n) is 14.1. The van der Waals surface area contributed by atoms with Crippen LogP contribution in [-0.2, 0) is 14.3 Å². The molecule has 10 nitrogen and oxygen atoms in total. The first-order chi connectivity index (χ1) is 12.9. The number of esters is 1. The number of amidine groups is 1. The van der Waals surface area contributed by atoms with E-state index in [0.29, 0.717) is 17.1 Å². The van der Waals surface area contributed by atoms with E-state index in [1.165, 1.54) is 25.3 Å². The van der Waals surface area contributed by atoms with Crippen LogP contribution in [-0.4, -0.2) is 41.3 Å². The SMILES string of the molecule is CN1C(=O)C(=Cc2ccc(-c3ccc([N+](=O)[O-])cc3)o2)N=C1OC(=O)CN. The molecule has 0 radical (unpaired) electrons. The number of hydrogen-bond acceptors (Lipinski definition) is 8. The van der Waals surface area contributed by atoms with Gasteiger partial charge in [0.2, 0.25) is 0 Å². The average Bonchev–Trinajstić information content (AvgIpc) is 3.23. The smallest absolute Gasteiger partial charge is 0.327 e. The molecular formula is C17H14N4O6. The minimum Gasteiger partial charge on any atom is -0.457 e. The zero-order valence-corrected chi connectivity index (χ0v) is 14.1. The average molecular weight is 370 g/mol. The highest BCUT2D eigenvalue weighted by molar-refractivity contribution is 6.13. The third-order valence-corrected chi connectivity index (χ3v) is 3.67. The van der Waals surface area contributed by atoms with Crippen molar-refractivity contribution in [1.29, 1.82) is 0 Å². The van der Waals surface area contributed by atoms with Crippen molar-refractivity contribution in [3.63, 3.8) is 0 Å². The van der Waals surface area contributed by atoms with Gasteiger partial charge in [-0.1, -0.05) is 0 Å². The molecule has 27 heavy (non-hydrogen) atoms. The van der Waals surface area contributed by atoms with Crippen molar-refractivity contribution in [2.75, 3.05) is 13.6 Å². The van der Waals surface area contributed by atoms with Gasteiger partial charge in [0.05, 0.1) is 11.5 Å². The highest BCUT2D eigenvalue weighted by Crippen LogP contribution is 2.26. The maximum atomic E-state index is 12.2. The number of ether oxygens (including phenoxy) is 1. The second kappa shape index (κ2) is 7.22. The van der Waals surface area contributed by atoms with Gasteiger partial charge in [0.1, 0.15) is 17.2 Å². The summed E-state index contributed by atoms with van der Waals surface area (Å²) in [7, 11) is 1.41. The Hall–Kier alpha value is -3.79. The molecule has 1 aromatic carbocycles. The van der Waals surface area contributed by atoms with E-state index in [1.807, 2.05) is 0 Å². The number of non-ortho nitro benzene ring substituents is 1. The first-order valence-corrected chi connectivity index (χ1v) is 7.73. The van der Waals surface area contributed by atoms with E-state index in [2.05, 4.69) is 4.99 Å². The summed E-state index contributed by atoms with van der Waals surface area (Å²) in [6.07, 6.45) is 1.40. The molecule has 10 heteroatoms. The van der Waals surface area contributed by atoms with E-state index in [9.17, 15) is 19.7 Å². The summed E-state index contributed by atoms with van der Waals surface area (Å²) in [6.45, 7) is -0.336. The van der Waals surface area contributed by atoms with Crippen molar-refractivity contribution < 1.29 is 23.7 Å². The number of amides is 1. The molecule has 0 fully saturated rings.